The standard InChI is InChI=1S/C15H21FN2O3/c1-3-4-13(19)17-9-14(20)18-10-15(2,21)11-5-7-12(16)8-6-11/h5-8,21H,3-4,9-10H2,1-2H3,(H,17,19)(H,18,20). The summed E-state index contributed by atoms with van der Waals surface area (Å²) in [6.45, 7) is 3.25. The second-order valence-corrected chi connectivity index (χ2v) is 5.08. The lowest BCUT2D eigenvalue weighted by Crippen LogP contribution is -2.43. The van der Waals surface area contributed by atoms with Crippen LogP contribution in [0.4, 0.5) is 4.39 Å². The molecule has 6 heteroatoms. The van der Waals surface area contributed by atoms with E-state index in [1.807, 2.05) is 6.92 Å². The second kappa shape index (κ2) is 7.73. The van der Waals surface area contributed by atoms with Crippen LogP contribution < -0.4 is 10.6 Å². The van der Waals surface area contributed by atoms with Gasteiger partial charge in [0, 0.05) is 6.42 Å². The van der Waals surface area contributed by atoms with Gasteiger partial charge in [0.05, 0.1) is 13.1 Å². The number of halogens is 1. The van der Waals surface area contributed by atoms with Crippen LogP contribution >= 0.6 is 0 Å². The van der Waals surface area contributed by atoms with Gasteiger partial charge in [-0.05, 0) is 31.0 Å². The van der Waals surface area contributed by atoms with Crippen molar-refractivity contribution in [3.63, 3.8) is 0 Å². The molecule has 0 radical (unpaired) electrons. The van der Waals surface area contributed by atoms with E-state index in [-0.39, 0.29) is 24.9 Å². The summed E-state index contributed by atoms with van der Waals surface area (Å²) < 4.78 is 12.8. The van der Waals surface area contributed by atoms with E-state index in [0.717, 1.165) is 0 Å². The fourth-order valence-corrected chi connectivity index (χ4v) is 1.74. The highest BCUT2D eigenvalue weighted by atomic mass is 19.1. The third kappa shape index (κ3) is 5.91. The van der Waals surface area contributed by atoms with Crippen LogP contribution in [0.3, 0.4) is 0 Å². The lowest BCUT2D eigenvalue weighted by atomic mass is 9.96. The van der Waals surface area contributed by atoms with E-state index < -0.39 is 11.4 Å². The van der Waals surface area contributed by atoms with Gasteiger partial charge in [-0.3, -0.25) is 9.59 Å². The highest BCUT2D eigenvalue weighted by Gasteiger charge is 2.23. The van der Waals surface area contributed by atoms with Crippen molar-refractivity contribution in [2.24, 2.45) is 0 Å². The summed E-state index contributed by atoms with van der Waals surface area (Å²) in [5, 5.41) is 15.3. The number of carbonyl (C=O) groups excluding carboxylic acids is 2. The Bertz CT molecular complexity index is 486. The highest BCUT2D eigenvalue weighted by molar-refractivity contribution is 5.84. The minimum atomic E-state index is -1.31. The second-order valence-electron chi connectivity index (χ2n) is 5.08. The first kappa shape index (κ1) is 17.1. The van der Waals surface area contributed by atoms with Gasteiger partial charge in [-0.15, -0.1) is 0 Å². The molecule has 1 atom stereocenters. The summed E-state index contributed by atoms with van der Waals surface area (Å²) >= 11 is 0. The van der Waals surface area contributed by atoms with Crippen LogP contribution in [0.25, 0.3) is 0 Å². The zero-order valence-electron chi connectivity index (χ0n) is 12.3. The van der Waals surface area contributed by atoms with Crippen molar-refractivity contribution in [1.29, 1.82) is 0 Å². The van der Waals surface area contributed by atoms with E-state index in [1.54, 1.807) is 0 Å². The van der Waals surface area contributed by atoms with Crippen LogP contribution in [0.2, 0.25) is 0 Å². The van der Waals surface area contributed by atoms with Crippen molar-refractivity contribution >= 4 is 11.8 Å². The molecule has 0 aliphatic heterocycles. The van der Waals surface area contributed by atoms with E-state index in [2.05, 4.69) is 10.6 Å². The van der Waals surface area contributed by atoms with Gasteiger partial charge in [-0.1, -0.05) is 19.1 Å². The van der Waals surface area contributed by atoms with Gasteiger partial charge in [-0.2, -0.15) is 0 Å². The minimum Gasteiger partial charge on any atom is -0.384 e. The average Bonchev–Trinajstić information content (AvgIpc) is 2.44. The normalized spacial score (nSPS) is 13.3. The SMILES string of the molecule is CCCC(=O)NCC(=O)NCC(C)(O)c1ccc(F)cc1. The van der Waals surface area contributed by atoms with Crippen LogP contribution in [0.5, 0.6) is 0 Å². The summed E-state index contributed by atoms with van der Waals surface area (Å²) in [4.78, 5) is 22.8. The summed E-state index contributed by atoms with van der Waals surface area (Å²) in [7, 11) is 0. The molecule has 0 fully saturated rings. The monoisotopic (exact) mass is 296 g/mol. The number of aliphatic hydroxyl groups is 1. The predicted octanol–water partition coefficient (Wildman–Crippen LogP) is 1.07. The molecule has 0 spiro atoms. The molecule has 21 heavy (non-hydrogen) atoms. The van der Waals surface area contributed by atoms with Crippen molar-refractivity contribution in [3.8, 4) is 0 Å². The number of hydrogen-bond acceptors (Lipinski definition) is 3. The lowest BCUT2D eigenvalue weighted by Gasteiger charge is -2.24. The molecule has 116 valence electrons. The molecule has 1 unspecified atom stereocenters. The Kier molecular flexibility index (Phi) is 6.30. The molecule has 0 heterocycles. The molecule has 0 saturated heterocycles. The van der Waals surface area contributed by atoms with E-state index in [1.165, 1.54) is 31.2 Å². The zero-order valence-corrected chi connectivity index (χ0v) is 12.3. The molecule has 0 saturated carbocycles. The topological polar surface area (TPSA) is 78.4 Å². The Morgan fingerprint density at radius 1 is 1.19 bits per heavy atom. The molecule has 0 bridgehead atoms. The highest BCUT2D eigenvalue weighted by Crippen LogP contribution is 2.19. The minimum absolute atomic E-state index is 0.0267. The van der Waals surface area contributed by atoms with Crippen molar-refractivity contribution < 1.29 is 19.1 Å². The largest absolute Gasteiger partial charge is 0.384 e. The van der Waals surface area contributed by atoms with E-state index in [0.29, 0.717) is 18.4 Å². The molecule has 3 N–H and O–H groups in total. The van der Waals surface area contributed by atoms with Gasteiger partial charge < -0.3 is 15.7 Å². The van der Waals surface area contributed by atoms with E-state index in [4.69, 9.17) is 0 Å². The predicted molar refractivity (Wildman–Crippen MR) is 76.9 cm³/mol. The number of rotatable bonds is 7. The Morgan fingerprint density at radius 2 is 1.81 bits per heavy atom. The number of carbonyl (C=O) groups is 2. The maximum Gasteiger partial charge on any atom is 0.239 e. The van der Waals surface area contributed by atoms with Crippen LogP contribution in [-0.2, 0) is 15.2 Å². The van der Waals surface area contributed by atoms with Gasteiger partial charge in [-0.25, -0.2) is 4.39 Å². The van der Waals surface area contributed by atoms with Crippen molar-refractivity contribution in [1.82, 2.24) is 10.6 Å². The Hall–Kier alpha value is -1.95. The molecule has 5 nitrogen and oxygen atoms in total. The summed E-state index contributed by atoms with van der Waals surface area (Å²) in [6.07, 6.45) is 1.09. The zero-order chi connectivity index (χ0) is 15.9. The van der Waals surface area contributed by atoms with Crippen LogP contribution in [-0.4, -0.2) is 30.0 Å². The molecular weight excluding hydrogens is 275 g/mol. The maximum atomic E-state index is 12.8. The quantitative estimate of drug-likeness (QED) is 0.704. The van der Waals surface area contributed by atoms with Crippen LogP contribution in [0.1, 0.15) is 32.3 Å². The average molecular weight is 296 g/mol. The molecule has 1 aromatic rings. The third-order valence-corrected chi connectivity index (χ3v) is 3.02. The molecule has 1 aromatic carbocycles. The first-order valence-electron chi connectivity index (χ1n) is 6.87. The lowest BCUT2D eigenvalue weighted by molar-refractivity contribution is -0.126. The number of amides is 2. The molecular formula is C15H21FN2O3. The number of benzene rings is 1. The van der Waals surface area contributed by atoms with Gasteiger partial charge >= 0.3 is 0 Å². The smallest absolute Gasteiger partial charge is 0.239 e. The fourth-order valence-electron chi connectivity index (χ4n) is 1.74. The summed E-state index contributed by atoms with van der Waals surface area (Å²) in [6, 6.07) is 5.42. The Balaban J connectivity index is 2.44. The van der Waals surface area contributed by atoms with Crippen molar-refractivity contribution in [2.45, 2.75) is 32.3 Å². The first-order valence-corrected chi connectivity index (χ1v) is 6.87. The molecule has 2 amide bonds. The van der Waals surface area contributed by atoms with Gasteiger partial charge in [0.2, 0.25) is 11.8 Å². The third-order valence-electron chi connectivity index (χ3n) is 3.02. The van der Waals surface area contributed by atoms with Crippen LogP contribution in [0, 0.1) is 5.82 Å². The maximum absolute atomic E-state index is 12.8. The Labute approximate surface area is 123 Å². The van der Waals surface area contributed by atoms with Crippen molar-refractivity contribution in [2.75, 3.05) is 13.1 Å². The molecule has 0 aromatic heterocycles. The number of nitrogens with one attached hydrogen (secondary N) is 2. The Morgan fingerprint density at radius 3 is 2.38 bits per heavy atom. The van der Waals surface area contributed by atoms with E-state index in [9.17, 15) is 19.1 Å². The van der Waals surface area contributed by atoms with Crippen molar-refractivity contribution in [3.05, 3.63) is 35.6 Å². The summed E-state index contributed by atoms with van der Waals surface area (Å²) in [5.41, 5.74) is -0.809. The molecule has 0 aliphatic carbocycles. The van der Waals surface area contributed by atoms with Crippen LogP contribution in [0.15, 0.2) is 24.3 Å². The van der Waals surface area contributed by atoms with Gasteiger partial charge in [0.1, 0.15) is 11.4 Å². The van der Waals surface area contributed by atoms with Gasteiger partial charge in [0.15, 0.2) is 0 Å². The first-order chi connectivity index (χ1) is 9.85. The van der Waals surface area contributed by atoms with E-state index >= 15 is 0 Å². The molecule has 0 aliphatic rings. The molecule has 1 rings (SSSR count). The fraction of sp³-hybridized carbons (Fsp3) is 0.467. The summed E-state index contributed by atoms with van der Waals surface area (Å²) in [5.74, 6) is -0.961. The van der Waals surface area contributed by atoms with Gasteiger partial charge in [0.25, 0.3) is 0 Å². The number of hydrogen-bond donors (Lipinski definition) is 3.